The van der Waals surface area contributed by atoms with Gasteiger partial charge in [0, 0.05) is 92.8 Å². The molecule has 5 rings (SSSR count). The van der Waals surface area contributed by atoms with Crippen molar-refractivity contribution in [2.24, 2.45) is 0 Å². The van der Waals surface area contributed by atoms with E-state index in [-0.39, 0.29) is 65.3 Å². The molecule has 2 aliphatic rings. The van der Waals surface area contributed by atoms with Gasteiger partial charge >= 0.3 is 6.03 Å². The highest BCUT2D eigenvalue weighted by atomic mass is 32.2. The van der Waals surface area contributed by atoms with Crippen molar-refractivity contribution < 1.29 is 42.6 Å². The van der Waals surface area contributed by atoms with Crippen molar-refractivity contribution in [2.75, 3.05) is 101 Å². The summed E-state index contributed by atoms with van der Waals surface area (Å²) in [6.07, 6.45) is 11.7. The zero-order chi connectivity index (χ0) is 53.0. The highest BCUT2D eigenvalue weighted by Crippen LogP contribution is 2.47. The van der Waals surface area contributed by atoms with Gasteiger partial charge in [0.15, 0.2) is 11.6 Å². The van der Waals surface area contributed by atoms with E-state index in [0.29, 0.717) is 107 Å². The number of halogens is 1. The highest BCUT2D eigenvalue weighted by Gasteiger charge is 2.60. The molecule has 8 N–H and O–H groups in total. The molecule has 3 heterocycles. The molecular formula is C53H78FN11O8S. The minimum Gasteiger partial charge on any atom is -0.379 e. The van der Waals surface area contributed by atoms with Gasteiger partial charge in [0.05, 0.1) is 43.7 Å². The summed E-state index contributed by atoms with van der Waals surface area (Å²) in [6.45, 7) is 12.0. The van der Waals surface area contributed by atoms with Gasteiger partial charge in [-0.3, -0.25) is 19.2 Å². The van der Waals surface area contributed by atoms with E-state index >= 15 is 0 Å². The van der Waals surface area contributed by atoms with E-state index in [1.807, 2.05) is 50.0 Å². The van der Waals surface area contributed by atoms with Crippen LogP contribution in [0, 0.1) is 12.7 Å². The lowest BCUT2D eigenvalue weighted by atomic mass is 9.79. The van der Waals surface area contributed by atoms with Crippen molar-refractivity contribution in [3.8, 4) is 0 Å². The van der Waals surface area contributed by atoms with Crippen LogP contribution in [-0.2, 0) is 33.4 Å². The van der Waals surface area contributed by atoms with Crippen LogP contribution in [0.4, 0.5) is 38.0 Å². The first-order valence-electron chi connectivity index (χ1n) is 25.9. The number of nitrogens with one attached hydrogen (secondary N) is 8. The number of likely N-dealkylation sites (N-methyl/N-ethyl adjacent to an activating group) is 1. The largest absolute Gasteiger partial charge is 0.379 e. The normalized spacial score (nSPS) is 17.9. The fourth-order valence-electron chi connectivity index (χ4n) is 8.38. The number of carbonyl (C=O) groups is 5. The lowest BCUT2D eigenvalue weighted by molar-refractivity contribution is -0.123. The van der Waals surface area contributed by atoms with E-state index in [1.54, 1.807) is 30.3 Å². The highest BCUT2D eigenvalue weighted by molar-refractivity contribution is 8.00. The van der Waals surface area contributed by atoms with E-state index in [2.05, 4.69) is 71.2 Å². The van der Waals surface area contributed by atoms with E-state index < -0.39 is 5.82 Å². The molecule has 406 valence electrons. The van der Waals surface area contributed by atoms with Gasteiger partial charge in [-0.2, -0.15) is 16.7 Å². The Morgan fingerprint density at radius 1 is 0.770 bits per heavy atom. The number of nitrogens with zero attached hydrogens (tertiary/aromatic N) is 3. The number of hydrogen-bond acceptors (Lipinski definition) is 14. The molecule has 0 saturated carbocycles. The first kappa shape index (κ1) is 59.0. The molecule has 3 atom stereocenters. The van der Waals surface area contributed by atoms with Gasteiger partial charge in [0.2, 0.25) is 29.6 Å². The van der Waals surface area contributed by atoms with E-state index in [0.717, 1.165) is 62.6 Å². The Bertz CT molecular complexity index is 2300. The van der Waals surface area contributed by atoms with Crippen LogP contribution in [0.5, 0.6) is 0 Å². The molecule has 21 heteroatoms. The second-order valence-electron chi connectivity index (χ2n) is 19.1. The van der Waals surface area contributed by atoms with Gasteiger partial charge in [-0.1, -0.05) is 30.7 Å². The summed E-state index contributed by atoms with van der Waals surface area (Å²) >= 11 is 1.89. The van der Waals surface area contributed by atoms with E-state index in [4.69, 9.17) is 14.2 Å². The minimum absolute atomic E-state index is 0.0368. The minimum atomic E-state index is -0.587. The zero-order valence-electron chi connectivity index (χ0n) is 43.6. The number of ether oxygens (including phenoxy) is 3. The summed E-state index contributed by atoms with van der Waals surface area (Å²) in [7, 11) is 1.96. The van der Waals surface area contributed by atoms with Crippen molar-refractivity contribution in [3.63, 3.8) is 0 Å². The number of unbranched alkanes of at least 4 members (excludes halogenated alkanes) is 2. The molecule has 2 saturated heterocycles. The quantitative estimate of drug-likeness (QED) is 0.0177. The number of thioether (sulfide) groups is 1. The molecule has 0 spiro atoms. The summed E-state index contributed by atoms with van der Waals surface area (Å²) in [5.74, 6) is 0.142. The molecule has 2 aromatic carbocycles. The second kappa shape index (κ2) is 31.8. The molecule has 0 bridgehead atoms. The molecule has 2 aliphatic heterocycles. The zero-order valence-corrected chi connectivity index (χ0v) is 44.4. The summed E-state index contributed by atoms with van der Waals surface area (Å²) < 4.78 is 31.2. The number of aromatic nitrogens is 2. The number of anilines is 5. The topological polar surface area (TPSA) is 238 Å². The van der Waals surface area contributed by atoms with Crippen LogP contribution in [0.2, 0.25) is 0 Å². The monoisotopic (exact) mass is 1050 g/mol. The fourth-order valence-corrected chi connectivity index (χ4v) is 10.3. The van der Waals surface area contributed by atoms with Crippen molar-refractivity contribution in [1.29, 1.82) is 0 Å². The molecule has 0 unspecified atom stereocenters. The van der Waals surface area contributed by atoms with Gasteiger partial charge in [-0.25, -0.2) is 14.2 Å². The maximum Gasteiger partial charge on any atom is 0.315 e. The van der Waals surface area contributed by atoms with Gasteiger partial charge in [0.25, 0.3) is 0 Å². The Labute approximate surface area is 439 Å². The summed E-state index contributed by atoms with van der Waals surface area (Å²) in [6, 6.07) is 14.5. The maximum absolute atomic E-state index is 14.5. The first-order valence-corrected chi connectivity index (χ1v) is 26.9. The SMILES string of the molecule is Cc1cccc(Nc2nc(Nc3cccc(NC(=O)/C=C/CN(C)CCCCNC(=O)CCCC(=O)NCCCOCCOCCOCCCNC(=O)CCCC[C@@H]4SC[C@]5(C)NC(=O)N[C@]45C)c3)ncc2F)c1. The lowest BCUT2D eigenvalue weighted by Gasteiger charge is -2.35. The van der Waals surface area contributed by atoms with Crippen LogP contribution in [0.3, 0.4) is 0 Å². The van der Waals surface area contributed by atoms with Crippen molar-refractivity contribution in [2.45, 2.75) is 108 Å². The third-order valence-electron chi connectivity index (χ3n) is 12.8. The second-order valence-corrected chi connectivity index (χ2v) is 20.2. The molecule has 19 nitrogen and oxygen atoms in total. The Morgan fingerprint density at radius 3 is 2.05 bits per heavy atom. The number of rotatable bonds is 36. The molecule has 2 fully saturated rings. The average Bonchev–Trinajstić information content (AvgIpc) is 3.74. The molecule has 74 heavy (non-hydrogen) atoms. The maximum atomic E-state index is 14.5. The first-order chi connectivity index (χ1) is 35.7. The number of urea groups is 1. The van der Waals surface area contributed by atoms with E-state index in [9.17, 15) is 28.4 Å². The molecule has 6 amide bonds. The summed E-state index contributed by atoms with van der Waals surface area (Å²) in [5.41, 5.74) is 2.42. The van der Waals surface area contributed by atoms with Gasteiger partial charge in [-0.05, 0) is 115 Å². The van der Waals surface area contributed by atoms with Crippen LogP contribution >= 0.6 is 11.8 Å². The van der Waals surface area contributed by atoms with Crippen molar-refractivity contribution in [3.05, 3.63) is 78.3 Å². The Morgan fingerprint density at radius 2 is 1.38 bits per heavy atom. The number of benzene rings is 2. The van der Waals surface area contributed by atoms with Crippen LogP contribution < -0.4 is 42.5 Å². The number of carbonyl (C=O) groups excluding carboxylic acids is 5. The third kappa shape index (κ3) is 21.2. The Balaban J connectivity index is 0.756. The lowest BCUT2D eigenvalue weighted by Crippen LogP contribution is -2.58. The summed E-state index contributed by atoms with van der Waals surface area (Å²) in [4.78, 5) is 71.7. The molecule has 0 radical (unpaired) electrons. The molecule has 1 aromatic heterocycles. The van der Waals surface area contributed by atoms with Gasteiger partial charge in [-0.15, -0.1) is 0 Å². The number of amides is 6. The Kier molecular flexibility index (Phi) is 25.3. The standard InChI is InChI=1S/C53H78FN11O8S/c1-39-15-9-16-40(35-39)60-49-43(54)37-58-50(62-49)61-42-18-10-17-41(36-42)59-48(69)23-12-28-65(4)27-8-7-24-55-46(67)21-11-22-47(68)57-26-14-30-72-32-34-73-33-31-71-29-13-25-56-45(66)20-6-5-19-44-53(3)52(2,38-74-44)63-51(70)64-53/h9-10,12,15-18,23,35-37,44H,5-8,11,13-14,19-22,24-34,38H2,1-4H3,(H,55,67)(H,56,66)(H,57,68)(H,59,69)(H2,63,64,70)(H2,58,60,61,62)/b23-12+/t44-,52-,53+/m0/s1. The number of hydrogen-bond donors (Lipinski definition) is 8. The van der Waals surface area contributed by atoms with Gasteiger partial charge in [0.1, 0.15) is 0 Å². The number of fused-ring (bicyclic) bond motifs is 1. The summed E-state index contributed by atoms with van der Waals surface area (Å²) in [5, 5.41) is 24.2. The van der Waals surface area contributed by atoms with Crippen LogP contribution in [0.25, 0.3) is 0 Å². The van der Waals surface area contributed by atoms with Crippen molar-refractivity contribution in [1.82, 2.24) is 41.5 Å². The Hall–Kier alpha value is -5.87. The van der Waals surface area contributed by atoms with Crippen LogP contribution in [0.15, 0.2) is 66.9 Å². The van der Waals surface area contributed by atoms with E-state index in [1.165, 1.54) is 6.08 Å². The third-order valence-corrected chi connectivity index (χ3v) is 14.6. The van der Waals surface area contributed by atoms with Gasteiger partial charge < -0.3 is 61.6 Å². The molecular weight excluding hydrogens is 970 g/mol. The molecule has 3 aromatic rings. The van der Waals surface area contributed by atoms with Crippen molar-refractivity contribution >= 4 is 70.3 Å². The average molecular weight is 1050 g/mol. The van der Waals surface area contributed by atoms with Crippen LogP contribution in [-0.4, -0.2) is 146 Å². The predicted octanol–water partition coefficient (Wildman–Crippen LogP) is 6.47. The fraction of sp³-hybridized carbons (Fsp3) is 0.566. The number of aryl methyl sites for hydroxylation is 1. The smallest absolute Gasteiger partial charge is 0.315 e. The van der Waals surface area contributed by atoms with Crippen LogP contribution in [0.1, 0.15) is 90.0 Å². The molecule has 0 aliphatic carbocycles. The predicted molar refractivity (Wildman–Crippen MR) is 288 cm³/mol.